The molecule has 0 bridgehead atoms. The molecular weight excluding hydrogens is 434 g/mol. The summed E-state index contributed by atoms with van der Waals surface area (Å²) in [6.07, 6.45) is 2.13. The van der Waals surface area contributed by atoms with Crippen molar-refractivity contribution in [2.75, 3.05) is 0 Å². The summed E-state index contributed by atoms with van der Waals surface area (Å²) in [6.45, 7) is 4.69. The second-order valence-corrected chi connectivity index (χ2v) is 8.04. The molecule has 0 spiro atoms. The molecule has 1 atom stereocenters. The zero-order valence-corrected chi connectivity index (χ0v) is 18.9. The fourth-order valence-corrected chi connectivity index (χ4v) is 3.92. The maximum absolute atomic E-state index is 11.9. The van der Waals surface area contributed by atoms with E-state index in [9.17, 15) is 19.8 Å². The van der Waals surface area contributed by atoms with Gasteiger partial charge < -0.3 is 19.5 Å². The van der Waals surface area contributed by atoms with Gasteiger partial charge in [0.1, 0.15) is 17.1 Å². The van der Waals surface area contributed by atoms with Crippen molar-refractivity contribution < 1.29 is 24.5 Å². The van der Waals surface area contributed by atoms with Crippen LogP contribution in [0.1, 0.15) is 52.3 Å². The molecule has 2 N–H and O–H groups in total. The average Bonchev–Trinajstić information content (AvgIpc) is 3.17. The molecule has 0 amide bonds. The summed E-state index contributed by atoms with van der Waals surface area (Å²) in [4.78, 5) is 32.7. The third kappa shape index (κ3) is 4.61. The second kappa shape index (κ2) is 9.74. The fourth-order valence-electron chi connectivity index (χ4n) is 3.92. The van der Waals surface area contributed by atoms with Crippen molar-refractivity contribution in [1.29, 1.82) is 0 Å². The van der Waals surface area contributed by atoms with Crippen LogP contribution in [0.25, 0.3) is 11.2 Å². The van der Waals surface area contributed by atoms with E-state index in [1.807, 2.05) is 25.1 Å². The summed E-state index contributed by atoms with van der Waals surface area (Å²) in [6, 6.07) is 15.0. The number of aromatic nitrogens is 3. The lowest BCUT2D eigenvalue weighted by Crippen LogP contribution is -2.21. The lowest BCUT2D eigenvalue weighted by Gasteiger charge is -2.17. The van der Waals surface area contributed by atoms with Crippen LogP contribution in [0.15, 0.2) is 60.8 Å². The van der Waals surface area contributed by atoms with Crippen LogP contribution >= 0.6 is 0 Å². The number of ether oxygens (including phenoxy) is 1. The number of benzene rings is 2. The van der Waals surface area contributed by atoms with Gasteiger partial charge in [0.05, 0.1) is 12.1 Å². The van der Waals surface area contributed by atoms with Gasteiger partial charge in [-0.1, -0.05) is 37.3 Å². The molecule has 1 unspecified atom stereocenters. The number of carbonyl (C=O) groups is 2. The molecule has 2 heterocycles. The smallest absolute Gasteiger partial charge is 0.349 e. The molecular formula is C26H25N3O5. The van der Waals surface area contributed by atoms with Crippen molar-refractivity contribution in [3.63, 3.8) is 0 Å². The van der Waals surface area contributed by atoms with Gasteiger partial charge in [-0.15, -0.1) is 0 Å². The molecule has 8 nitrogen and oxygen atoms in total. The molecule has 174 valence electrons. The van der Waals surface area contributed by atoms with Crippen LogP contribution in [0.4, 0.5) is 0 Å². The number of aliphatic carboxylic acids is 1. The number of imidazole rings is 1. The third-order valence-electron chi connectivity index (χ3n) is 5.60. The largest absolute Gasteiger partial charge is 0.478 e. The number of carboxylic acid groups (broad SMARTS) is 2. The minimum absolute atomic E-state index is 0.0853. The Labute approximate surface area is 196 Å². The van der Waals surface area contributed by atoms with Crippen LogP contribution in [-0.2, 0) is 17.8 Å². The Bertz CT molecular complexity index is 1340. The van der Waals surface area contributed by atoms with E-state index in [1.165, 1.54) is 12.1 Å². The molecule has 0 saturated carbocycles. The van der Waals surface area contributed by atoms with E-state index in [-0.39, 0.29) is 11.1 Å². The number of aryl methyl sites for hydroxylation is 2. The van der Waals surface area contributed by atoms with Gasteiger partial charge >= 0.3 is 11.9 Å². The normalized spacial score (nSPS) is 11.9. The second-order valence-electron chi connectivity index (χ2n) is 8.04. The number of hydrogen-bond donors (Lipinski definition) is 2. The van der Waals surface area contributed by atoms with Gasteiger partial charge in [0, 0.05) is 18.2 Å². The summed E-state index contributed by atoms with van der Waals surface area (Å²) < 4.78 is 7.80. The number of carboxylic acids is 2. The van der Waals surface area contributed by atoms with Crippen molar-refractivity contribution in [1.82, 2.24) is 14.5 Å². The molecule has 0 fully saturated rings. The third-order valence-corrected chi connectivity index (χ3v) is 5.60. The van der Waals surface area contributed by atoms with Crippen LogP contribution in [0.2, 0.25) is 0 Å². The average molecular weight is 460 g/mol. The van der Waals surface area contributed by atoms with Crippen molar-refractivity contribution in [3.05, 3.63) is 88.9 Å². The summed E-state index contributed by atoms with van der Waals surface area (Å²) in [5, 5.41) is 19.1. The Morgan fingerprint density at radius 3 is 2.47 bits per heavy atom. The minimum Gasteiger partial charge on any atom is -0.478 e. The molecule has 2 aromatic carbocycles. The van der Waals surface area contributed by atoms with Gasteiger partial charge in [-0.05, 0) is 48.7 Å². The molecule has 0 saturated heterocycles. The van der Waals surface area contributed by atoms with E-state index in [4.69, 9.17) is 9.72 Å². The lowest BCUT2D eigenvalue weighted by atomic mass is 10.0. The fraction of sp³-hybridized carbons (Fsp3) is 0.231. The highest BCUT2D eigenvalue weighted by Gasteiger charge is 2.27. The zero-order chi connectivity index (χ0) is 24.2. The topological polar surface area (TPSA) is 115 Å². The monoisotopic (exact) mass is 459 g/mol. The molecule has 4 rings (SSSR count). The number of fused-ring (bicyclic) bond motifs is 1. The van der Waals surface area contributed by atoms with Gasteiger partial charge in [0.2, 0.25) is 6.10 Å². The van der Waals surface area contributed by atoms with Gasteiger partial charge in [-0.3, -0.25) is 0 Å². The van der Waals surface area contributed by atoms with Crippen LogP contribution in [0, 0.1) is 6.92 Å². The first-order valence-electron chi connectivity index (χ1n) is 11.0. The quantitative estimate of drug-likeness (QED) is 0.375. The first kappa shape index (κ1) is 23.0. The molecule has 34 heavy (non-hydrogen) atoms. The molecule has 2 aromatic heterocycles. The predicted molar refractivity (Wildman–Crippen MR) is 126 cm³/mol. The Hall–Kier alpha value is -4.20. The number of pyridine rings is 1. The minimum atomic E-state index is -1.45. The Kier molecular flexibility index (Phi) is 6.58. The molecule has 4 aromatic rings. The lowest BCUT2D eigenvalue weighted by molar-refractivity contribution is -0.145. The maximum atomic E-state index is 11.9. The molecule has 8 heteroatoms. The van der Waals surface area contributed by atoms with Crippen molar-refractivity contribution in [2.24, 2.45) is 0 Å². The number of aromatic carboxylic acids is 1. The Morgan fingerprint density at radius 2 is 1.79 bits per heavy atom. The number of nitrogens with zero attached hydrogens (tertiary/aromatic N) is 3. The van der Waals surface area contributed by atoms with E-state index in [2.05, 4.69) is 16.5 Å². The molecule has 0 radical (unpaired) electrons. The number of hydrogen-bond acceptors (Lipinski definition) is 5. The number of rotatable bonds is 9. The summed E-state index contributed by atoms with van der Waals surface area (Å²) in [5.74, 6) is -1.18. The predicted octanol–water partition coefficient (Wildman–Crippen LogP) is 4.64. The molecule has 0 aliphatic heterocycles. The Morgan fingerprint density at radius 1 is 1.06 bits per heavy atom. The van der Waals surface area contributed by atoms with Crippen molar-refractivity contribution in [2.45, 2.75) is 39.3 Å². The van der Waals surface area contributed by atoms with Gasteiger partial charge in [0.15, 0.2) is 5.65 Å². The summed E-state index contributed by atoms with van der Waals surface area (Å²) in [7, 11) is 0. The van der Waals surface area contributed by atoms with Crippen LogP contribution in [0.3, 0.4) is 0 Å². The summed E-state index contributed by atoms with van der Waals surface area (Å²) in [5.41, 5.74) is 3.76. The van der Waals surface area contributed by atoms with Crippen molar-refractivity contribution >= 4 is 23.1 Å². The highest BCUT2D eigenvalue weighted by molar-refractivity contribution is 5.91. The summed E-state index contributed by atoms with van der Waals surface area (Å²) >= 11 is 0. The van der Waals surface area contributed by atoms with E-state index in [0.29, 0.717) is 12.3 Å². The standard InChI is InChI=1S/C26H25N3O5/c1-3-6-21-28-22-16(2)13-14-27-24(22)29(21)15-17-9-11-18(12-10-17)34-23(26(32)33)19-7-4-5-8-20(19)25(30)31/h4-5,7-14,23H,3,6,15H2,1-2H3,(H,30,31)(H,32,33). The van der Waals surface area contributed by atoms with E-state index in [0.717, 1.165) is 41.0 Å². The maximum Gasteiger partial charge on any atom is 0.349 e. The van der Waals surface area contributed by atoms with Crippen LogP contribution in [0.5, 0.6) is 5.75 Å². The van der Waals surface area contributed by atoms with Crippen molar-refractivity contribution in [3.8, 4) is 5.75 Å². The SMILES string of the molecule is CCCc1nc2c(C)ccnc2n1Cc1ccc(OC(C(=O)O)c2ccccc2C(=O)O)cc1. The molecule has 0 aliphatic carbocycles. The van der Waals surface area contributed by atoms with Gasteiger partial charge in [-0.25, -0.2) is 19.6 Å². The van der Waals surface area contributed by atoms with E-state index < -0.39 is 18.0 Å². The highest BCUT2D eigenvalue weighted by atomic mass is 16.5. The van der Waals surface area contributed by atoms with E-state index in [1.54, 1.807) is 30.5 Å². The van der Waals surface area contributed by atoms with Crippen LogP contribution < -0.4 is 4.74 Å². The first-order chi connectivity index (χ1) is 16.4. The Balaban J connectivity index is 1.60. The highest BCUT2D eigenvalue weighted by Crippen LogP contribution is 2.26. The zero-order valence-electron chi connectivity index (χ0n) is 18.9. The molecule has 0 aliphatic rings. The van der Waals surface area contributed by atoms with Crippen LogP contribution in [-0.4, -0.2) is 36.7 Å². The van der Waals surface area contributed by atoms with Gasteiger partial charge in [-0.2, -0.15) is 0 Å². The van der Waals surface area contributed by atoms with E-state index >= 15 is 0 Å². The first-order valence-corrected chi connectivity index (χ1v) is 11.0. The van der Waals surface area contributed by atoms with Gasteiger partial charge in [0.25, 0.3) is 0 Å².